The average molecular weight is 234 g/mol. The third-order valence-electron chi connectivity index (χ3n) is 3.54. The molecule has 0 bridgehead atoms. The molecular formula is C15H26N2. The Kier molecular flexibility index (Phi) is 5.01. The maximum atomic E-state index is 6.42. The quantitative estimate of drug-likeness (QED) is 0.792. The van der Waals surface area contributed by atoms with Crippen LogP contribution in [0.1, 0.15) is 27.7 Å². The van der Waals surface area contributed by atoms with Crippen LogP contribution in [-0.4, -0.2) is 13.2 Å². The highest BCUT2D eigenvalue weighted by Crippen LogP contribution is 2.27. The van der Waals surface area contributed by atoms with Crippen molar-refractivity contribution in [3.05, 3.63) is 30.3 Å². The number of hydrogen-bond acceptors (Lipinski definition) is 2. The van der Waals surface area contributed by atoms with Crippen molar-refractivity contribution in [3.8, 4) is 0 Å². The van der Waals surface area contributed by atoms with Gasteiger partial charge in [-0.05, 0) is 29.9 Å². The molecule has 17 heavy (non-hydrogen) atoms. The van der Waals surface area contributed by atoms with E-state index in [4.69, 9.17) is 5.73 Å². The monoisotopic (exact) mass is 234 g/mol. The van der Waals surface area contributed by atoms with Gasteiger partial charge >= 0.3 is 0 Å². The minimum atomic E-state index is 0.0670. The molecule has 0 aliphatic rings. The zero-order chi connectivity index (χ0) is 13.0. The highest BCUT2D eigenvalue weighted by atomic mass is 15.2. The summed E-state index contributed by atoms with van der Waals surface area (Å²) in [5.74, 6) is 1.69. The van der Waals surface area contributed by atoms with E-state index >= 15 is 0 Å². The Morgan fingerprint density at radius 1 is 0.941 bits per heavy atom. The van der Waals surface area contributed by atoms with Crippen LogP contribution in [0, 0.1) is 17.8 Å². The Bertz CT molecular complexity index is 311. The maximum Gasteiger partial charge on any atom is 0.0801 e. The van der Waals surface area contributed by atoms with Crippen molar-refractivity contribution in [2.24, 2.45) is 23.5 Å². The van der Waals surface area contributed by atoms with Gasteiger partial charge in [-0.2, -0.15) is 0 Å². The topological polar surface area (TPSA) is 29.3 Å². The van der Waals surface area contributed by atoms with Crippen LogP contribution < -0.4 is 10.6 Å². The molecule has 1 rings (SSSR count). The summed E-state index contributed by atoms with van der Waals surface area (Å²) in [5, 5.41) is 0. The molecule has 0 amide bonds. The molecule has 0 saturated carbocycles. The van der Waals surface area contributed by atoms with Crippen molar-refractivity contribution in [1.82, 2.24) is 0 Å². The molecule has 0 radical (unpaired) electrons. The summed E-state index contributed by atoms with van der Waals surface area (Å²) in [6.07, 6.45) is 0.0670. The van der Waals surface area contributed by atoms with Crippen molar-refractivity contribution >= 4 is 5.69 Å². The van der Waals surface area contributed by atoms with Crippen LogP contribution in [0.25, 0.3) is 0 Å². The van der Waals surface area contributed by atoms with Crippen molar-refractivity contribution < 1.29 is 0 Å². The molecule has 1 aromatic carbocycles. The zero-order valence-electron chi connectivity index (χ0n) is 11.7. The summed E-state index contributed by atoms with van der Waals surface area (Å²) in [5.41, 5.74) is 7.61. The molecule has 0 spiro atoms. The van der Waals surface area contributed by atoms with Crippen molar-refractivity contribution in [3.63, 3.8) is 0 Å². The van der Waals surface area contributed by atoms with Crippen molar-refractivity contribution in [2.45, 2.75) is 33.9 Å². The Labute approximate surface area is 106 Å². The van der Waals surface area contributed by atoms with Crippen LogP contribution in [0.15, 0.2) is 30.3 Å². The summed E-state index contributed by atoms with van der Waals surface area (Å²) in [7, 11) is 2.08. The Balaban J connectivity index is 2.84. The Hall–Kier alpha value is -1.02. The van der Waals surface area contributed by atoms with Gasteiger partial charge in [0.05, 0.1) is 6.17 Å². The van der Waals surface area contributed by atoms with E-state index in [0.29, 0.717) is 17.8 Å². The van der Waals surface area contributed by atoms with Crippen LogP contribution >= 0.6 is 0 Å². The molecule has 96 valence electrons. The molecule has 0 aromatic heterocycles. The second-order valence-corrected chi connectivity index (χ2v) is 5.50. The summed E-state index contributed by atoms with van der Waals surface area (Å²) in [6, 6.07) is 10.4. The van der Waals surface area contributed by atoms with Gasteiger partial charge in [0.15, 0.2) is 0 Å². The fourth-order valence-electron chi connectivity index (χ4n) is 2.65. The predicted molar refractivity (Wildman–Crippen MR) is 76.0 cm³/mol. The van der Waals surface area contributed by atoms with Gasteiger partial charge in [-0.1, -0.05) is 45.9 Å². The number of nitrogens with zero attached hydrogens (tertiary/aromatic N) is 1. The number of rotatable bonds is 5. The first-order valence-corrected chi connectivity index (χ1v) is 6.48. The minimum absolute atomic E-state index is 0.0670. The van der Waals surface area contributed by atoms with Gasteiger partial charge < -0.3 is 10.6 Å². The predicted octanol–water partition coefficient (Wildman–Crippen LogP) is 3.34. The van der Waals surface area contributed by atoms with Gasteiger partial charge in [-0.3, -0.25) is 0 Å². The van der Waals surface area contributed by atoms with E-state index in [1.54, 1.807) is 0 Å². The van der Waals surface area contributed by atoms with Gasteiger partial charge in [0.2, 0.25) is 0 Å². The molecule has 0 heterocycles. The van der Waals surface area contributed by atoms with Crippen LogP contribution in [0.4, 0.5) is 5.69 Å². The lowest BCUT2D eigenvalue weighted by Gasteiger charge is -2.37. The van der Waals surface area contributed by atoms with Gasteiger partial charge in [-0.25, -0.2) is 0 Å². The normalized spacial score (nSPS) is 13.5. The molecule has 0 fully saturated rings. The van der Waals surface area contributed by atoms with Gasteiger partial charge in [0, 0.05) is 12.7 Å². The molecule has 2 heteroatoms. The molecule has 2 N–H and O–H groups in total. The number of benzene rings is 1. The second kappa shape index (κ2) is 6.06. The summed E-state index contributed by atoms with van der Waals surface area (Å²) >= 11 is 0. The van der Waals surface area contributed by atoms with Gasteiger partial charge in [-0.15, -0.1) is 0 Å². The first-order chi connectivity index (χ1) is 7.95. The molecule has 1 atom stereocenters. The maximum absolute atomic E-state index is 6.42. The van der Waals surface area contributed by atoms with E-state index in [9.17, 15) is 0 Å². The lowest BCUT2D eigenvalue weighted by atomic mass is 9.82. The van der Waals surface area contributed by atoms with E-state index in [1.807, 2.05) is 6.07 Å². The third-order valence-corrected chi connectivity index (χ3v) is 3.54. The van der Waals surface area contributed by atoms with E-state index in [1.165, 1.54) is 5.69 Å². The number of anilines is 1. The molecule has 1 unspecified atom stereocenters. The first-order valence-electron chi connectivity index (χ1n) is 6.48. The third kappa shape index (κ3) is 3.47. The fraction of sp³-hybridized carbons (Fsp3) is 0.600. The van der Waals surface area contributed by atoms with Crippen molar-refractivity contribution in [2.75, 3.05) is 11.9 Å². The highest BCUT2D eigenvalue weighted by molar-refractivity contribution is 5.46. The SMILES string of the molecule is CC(C)C(C(C)C)C(N)N(C)c1ccccc1. The fourth-order valence-corrected chi connectivity index (χ4v) is 2.65. The summed E-state index contributed by atoms with van der Waals surface area (Å²) < 4.78 is 0. The molecule has 0 aliphatic carbocycles. The number of hydrogen-bond donors (Lipinski definition) is 1. The molecular weight excluding hydrogens is 208 g/mol. The summed E-state index contributed by atoms with van der Waals surface area (Å²) in [6.45, 7) is 9.01. The van der Waals surface area contributed by atoms with E-state index in [-0.39, 0.29) is 6.17 Å². The Morgan fingerprint density at radius 3 is 1.82 bits per heavy atom. The molecule has 1 aromatic rings. The van der Waals surface area contributed by atoms with E-state index in [0.717, 1.165) is 0 Å². The van der Waals surface area contributed by atoms with Crippen LogP contribution in [-0.2, 0) is 0 Å². The van der Waals surface area contributed by atoms with Crippen LogP contribution in [0.2, 0.25) is 0 Å². The molecule has 0 aliphatic heterocycles. The minimum Gasteiger partial charge on any atom is -0.359 e. The molecule has 2 nitrogen and oxygen atoms in total. The van der Waals surface area contributed by atoms with Crippen LogP contribution in [0.3, 0.4) is 0 Å². The lowest BCUT2D eigenvalue weighted by Crippen LogP contribution is -2.48. The second-order valence-electron chi connectivity index (χ2n) is 5.50. The number of nitrogens with two attached hydrogens (primary N) is 1. The Morgan fingerprint density at radius 2 is 1.41 bits per heavy atom. The average Bonchev–Trinajstić information content (AvgIpc) is 2.28. The highest BCUT2D eigenvalue weighted by Gasteiger charge is 2.27. The molecule has 0 saturated heterocycles. The number of para-hydroxylation sites is 1. The smallest absolute Gasteiger partial charge is 0.0801 e. The van der Waals surface area contributed by atoms with Gasteiger partial charge in [0.25, 0.3) is 0 Å². The van der Waals surface area contributed by atoms with E-state index < -0.39 is 0 Å². The summed E-state index contributed by atoms with van der Waals surface area (Å²) in [4.78, 5) is 2.19. The lowest BCUT2D eigenvalue weighted by molar-refractivity contribution is 0.236. The standard InChI is InChI=1S/C15H26N2/c1-11(2)14(12(3)4)15(16)17(5)13-9-7-6-8-10-13/h6-12,14-15H,16H2,1-5H3. The largest absolute Gasteiger partial charge is 0.359 e. The zero-order valence-corrected chi connectivity index (χ0v) is 11.7. The first kappa shape index (κ1) is 14.0. The van der Waals surface area contributed by atoms with Gasteiger partial charge in [0.1, 0.15) is 0 Å². The van der Waals surface area contributed by atoms with Crippen LogP contribution in [0.5, 0.6) is 0 Å². The van der Waals surface area contributed by atoms with Crippen molar-refractivity contribution in [1.29, 1.82) is 0 Å². The van der Waals surface area contributed by atoms with E-state index in [2.05, 4.69) is 63.9 Å².